The second kappa shape index (κ2) is 23.6. The highest BCUT2D eigenvalue weighted by atomic mass is 35.5. The Morgan fingerprint density at radius 3 is 1.45 bits per heavy atom. The Kier molecular flexibility index (Phi) is 15.9. The number of pyridine rings is 6. The molecule has 0 spiro atoms. The molecule has 4 aliphatic rings. The summed E-state index contributed by atoms with van der Waals surface area (Å²) in [5, 5.41) is 6.60. The molecule has 12 rings (SSSR count). The number of hydrogen-bond acceptors (Lipinski definition) is 16. The first kappa shape index (κ1) is 49.4. The minimum atomic E-state index is 0.702. The van der Waals surface area contributed by atoms with E-state index in [1.165, 1.54) is 0 Å². The van der Waals surface area contributed by atoms with Crippen molar-refractivity contribution in [2.24, 2.45) is 0 Å². The van der Waals surface area contributed by atoms with Crippen LogP contribution in [0.15, 0.2) is 122 Å². The number of anilines is 7. The molecule has 0 amide bonds. The predicted octanol–water partition coefficient (Wildman–Crippen LogP) is 9.01. The first-order valence-corrected chi connectivity index (χ1v) is 25.4. The molecule has 0 unspecified atom stereocenters. The maximum absolute atomic E-state index is 6.41. The summed E-state index contributed by atoms with van der Waals surface area (Å²) in [7, 11) is 0. The average molecular weight is 1000 g/mol. The number of fused-ring (bicyclic) bond motifs is 2. The zero-order valence-electron chi connectivity index (χ0n) is 41.4. The van der Waals surface area contributed by atoms with Crippen LogP contribution >= 0.6 is 11.6 Å². The van der Waals surface area contributed by atoms with Gasteiger partial charge in [-0.15, -0.1) is 0 Å². The van der Waals surface area contributed by atoms with Crippen molar-refractivity contribution >= 4 is 73.5 Å². The molecule has 3 N–H and O–H groups in total. The SMILES string of the molecule is Cc1c(-c2ccccn2)nc2ccccc2c1Cl.Cc1c(-c2ccccn2)nc2ccccc2c1Nc1cc(N2CCOCC2)cnc1N1CCOCC1.Nc1cc(N2CCOCC2)cnc1N1CCOCC1. The third-order valence-electron chi connectivity index (χ3n) is 13.4. The van der Waals surface area contributed by atoms with Crippen molar-refractivity contribution in [3.8, 4) is 22.8 Å². The molecule has 6 aromatic heterocycles. The van der Waals surface area contributed by atoms with Crippen molar-refractivity contribution in [2.75, 3.05) is 136 Å². The van der Waals surface area contributed by atoms with Gasteiger partial charge in [-0.1, -0.05) is 60.1 Å². The lowest BCUT2D eigenvalue weighted by Crippen LogP contribution is -2.38. The van der Waals surface area contributed by atoms with Gasteiger partial charge in [-0.05, 0) is 67.9 Å². The molecule has 4 aliphatic heterocycles. The molecular formula is C56H61ClN12O4. The normalized spacial score (nSPS) is 16.1. The van der Waals surface area contributed by atoms with Gasteiger partial charge in [0, 0.05) is 81.1 Å². The van der Waals surface area contributed by atoms with Crippen LogP contribution < -0.4 is 30.7 Å². The van der Waals surface area contributed by atoms with Crippen LogP contribution in [0.1, 0.15) is 11.1 Å². The number of hydrogen-bond donors (Lipinski definition) is 2. The van der Waals surface area contributed by atoms with Crippen molar-refractivity contribution in [1.29, 1.82) is 0 Å². The Bertz CT molecular complexity index is 3110. The van der Waals surface area contributed by atoms with Gasteiger partial charge in [0.1, 0.15) is 0 Å². The number of nitrogens with one attached hydrogen (secondary N) is 1. The zero-order chi connectivity index (χ0) is 49.9. The van der Waals surface area contributed by atoms with E-state index in [2.05, 4.69) is 76.0 Å². The average Bonchev–Trinajstić information content (AvgIpc) is 3.46. The van der Waals surface area contributed by atoms with Crippen LogP contribution in [0.5, 0.6) is 0 Å². The summed E-state index contributed by atoms with van der Waals surface area (Å²) in [5.74, 6) is 1.82. The van der Waals surface area contributed by atoms with Crippen molar-refractivity contribution in [1.82, 2.24) is 29.9 Å². The van der Waals surface area contributed by atoms with Crippen LogP contribution in [0, 0.1) is 13.8 Å². The minimum absolute atomic E-state index is 0.702. The molecule has 73 heavy (non-hydrogen) atoms. The third-order valence-corrected chi connectivity index (χ3v) is 13.9. The lowest BCUT2D eigenvalue weighted by atomic mass is 10.0. The van der Waals surface area contributed by atoms with Crippen molar-refractivity contribution in [2.45, 2.75) is 13.8 Å². The number of nitrogens with zero attached hydrogens (tertiary/aromatic N) is 10. The van der Waals surface area contributed by atoms with Gasteiger partial charge in [-0.2, -0.15) is 0 Å². The predicted molar refractivity (Wildman–Crippen MR) is 293 cm³/mol. The summed E-state index contributed by atoms with van der Waals surface area (Å²) >= 11 is 6.41. The quantitative estimate of drug-likeness (QED) is 0.148. The van der Waals surface area contributed by atoms with E-state index in [1.807, 2.05) is 98.3 Å². The number of aromatic nitrogens is 6. The van der Waals surface area contributed by atoms with Crippen molar-refractivity contribution in [3.63, 3.8) is 0 Å². The van der Waals surface area contributed by atoms with Crippen molar-refractivity contribution < 1.29 is 18.9 Å². The van der Waals surface area contributed by atoms with Crippen LogP contribution in [0.3, 0.4) is 0 Å². The number of nitrogen functional groups attached to an aromatic ring is 1. The molecule has 4 fully saturated rings. The molecule has 0 aliphatic carbocycles. The number of ether oxygens (including phenoxy) is 4. The molecule has 0 radical (unpaired) electrons. The molecule has 376 valence electrons. The second-order valence-electron chi connectivity index (χ2n) is 18.0. The summed E-state index contributed by atoms with van der Waals surface area (Å²) in [6.07, 6.45) is 7.47. The van der Waals surface area contributed by atoms with Crippen LogP contribution in [0.4, 0.5) is 40.1 Å². The van der Waals surface area contributed by atoms with E-state index < -0.39 is 0 Å². The Hall–Kier alpha value is -7.21. The first-order chi connectivity index (χ1) is 35.9. The van der Waals surface area contributed by atoms with Gasteiger partial charge in [-0.3, -0.25) is 9.97 Å². The maximum Gasteiger partial charge on any atom is 0.152 e. The smallest absolute Gasteiger partial charge is 0.152 e. The topological polar surface area (TPSA) is 165 Å². The van der Waals surface area contributed by atoms with Gasteiger partial charge >= 0.3 is 0 Å². The lowest BCUT2D eigenvalue weighted by Gasteiger charge is -2.32. The molecular weight excluding hydrogens is 940 g/mol. The maximum atomic E-state index is 6.41. The number of rotatable bonds is 8. The molecule has 10 heterocycles. The number of nitrogens with two attached hydrogens (primary N) is 1. The molecule has 16 nitrogen and oxygen atoms in total. The van der Waals surface area contributed by atoms with E-state index in [0.29, 0.717) is 13.2 Å². The number of para-hydroxylation sites is 2. The fraction of sp³-hybridized carbons (Fsp3) is 0.321. The Balaban J connectivity index is 0.000000139. The molecule has 0 saturated carbocycles. The molecule has 2 aromatic carbocycles. The van der Waals surface area contributed by atoms with Crippen LogP contribution in [0.25, 0.3) is 44.6 Å². The fourth-order valence-electron chi connectivity index (χ4n) is 9.43. The zero-order valence-corrected chi connectivity index (χ0v) is 42.2. The molecule has 0 bridgehead atoms. The van der Waals surface area contributed by atoms with E-state index in [-0.39, 0.29) is 0 Å². The van der Waals surface area contributed by atoms with E-state index in [1.54, 1.807) is 6.20 Å². The van der Waals surface area contributed by atoms with Gasteiger partial charge in [0.2, 0.25) is 0 Å². The summed E-state index contributed by atoms with van der Waals surface area (Å²) < 4.78 is 21.9. The second-order valence-corrected chi connectivity index (χ2v) is 18.4. The largest absolute Gasteiger partial charge is 0.396 e. The van der Waals surface area contributed by atoms with Gasteiger partial charge in [0.15, 0.2) is 11.6 Å². The summed E-state index contributed by atoms with van der Waals surface area (Å²) in [6, 6.07) is 32.1. The van der Waals surface area contributed by atoms with E-state index >= 15 is 0 Å². The molecule has 8 aromatic rings. The monoisotopic (exact) mass is 1000 g/mol. The first-order valence-electron chi connectivity index (χ1n) is 25.0. The fourth-order valence-corrected chi connectivity index (χ4v) is 9.68. The van der Waals surface area contributed by atoms with Crippen molar-refractivity contribution in [3.05, 3.63) is 138 Å². The van der Waals surface area contributed by atoms with E-state index in [4.69, 9.17) is 46.3 Å². The van der Waals surface area contributed by atoms with Gasteiger partial charge in [0.05, 0.1) is 133 Å². The van der Waals surface area contributed by atoms with Crippen LogP contribution in [-0.4, -0.2) is 135 Å². The minimum Gasteiger partial charge on any atom is -0.396 e. The number of benzene rings is 2. The lowest BCUT2D eigenvalue weighted by molar-refractivity contribution is 0.122. The summed E-state index contributed by atoms with van der Waals surface area (Å²) in [6.45, 7) is 16.8. The molecule has 17 heteroatoms. The number of morpholine rings is 4. The van der Waals surface area contributed by atoms with Crippen LogP contribution in [-0.2, 0) is 18.9 Å². The summed E-state index contributed by atoms with van der Waals surface area (Å²) in [4.78, 5) is 37.1. The van der Waals surface area contributed by atoms with Gasteiger partial charge in [0.25, 0.3) is 0 Å². The van der Waals surface area contributed by atoms with Gasteiger partial charge < -0.3 is 49.6 Å². The summed E-state index contributed by atoms with van der Waals surface area (Å²) in [5.41, 5.74) is 18.4. The Labute approximate surface area is 431 Å². The van der Waals surface area contributed by atoms with E-state index in [9.17, 15) is 0 Å². The van der Waals surface area contributed by atoms with Crippen LogP contribution in [0.2, 0.25) is 5.02 Å². The standard InChI is InChI=1S/C28H30N6O2.C15H11ClN2.C13H20N4O2/c1-20-26(22-6-2-3-7-23(22)31-27(20)24-8-4-5-9-29-24)32-25-18-21(33-10-14-35-15-11-33)19-30-28(25)34-12-16-36-17-13-34;1-10-14(16)11-6-2-3-7-12(11)18-15(10)13-8-4-5-9-17-13;14-12-9-11(16-1-5-18-6-2-16)10-15-13(12)17-3-7-19-8-4-17/h2-9,18-19H,10-17H2,1H3,(H,31,32);2-9H,1H3;9-10H,1-8,14H2. The highest BCUT2D eigenvalue weighted by molar-refractivity contribution is 6.36. The Morgan fingerprint density at radius 2 is 0.932 bits per heavy atom. The number of halogens is 1. The van der Waals surface area contributed by atoms with Gasteiger partial charge in [-0.25, -0.2) is 19.9 Å². The molecule has 0 atom stereocenters. The third kappa shape index (κ3) is 11.5. The molecule has 4 saturated heterocycles. The van der Waals surface area contributed by atoms with E-state index in [0.717, 1.165) is 193 Å². The Morgan fingerprint density at radius 1 is 0.493 bits per heavy atom. The highest BCUT2D eigenvalue weighted by Gasteiger charge is 2.23. The highest BCUT2D eigenvalue weighted by Crippen LogP contribution is 2.39.